The summed E-state index contributed by atoms with van der Waals surface area (Å²) in [5.41, 5.74) is 9.93. The fraction of sp³-hybridized carbons (Fsp3) is 0.133. The lowest BCUT2D eigenvalue weighted by molar-refractivity contribution is 0.439. The van der Waals surface area contributed by atoms with E-state index in [9.17, 15) is 0 Å². The highest BCUT2D eigenvalue weighted by molar-refractivity contribution is 6.45. The quantitative estimate of drug-likeness (QED) is 0.440. The molecule has 0 aliphatic rings. The SMILES string of the molecule is Cc1cc(C)nc(Oc2ccc(N/N=C(\C#N)C(=N)N)cc2)n1. The molecule has 0 radical (unpaired) electrons. The second kappa shape index (κ2) is 7.00. The van der Waals surface area contributed by atoms with Gasteiger partial charge < -0.3 is 10.5 Å². The molecule has 8 heteroatoms. The minimum absolute atomic E-state index is 0.186. The van der Waals surface area contributed by atoms with Crippen molar-refractivity contribution in [3.63, 3.8) is 0 Å². The number of hydrazone groups is 1. The van der Waals surface area contributed by atoms with E-state index >= 15 is 0 Å². The maximum atomic E-state index is 8.75. The first kappa shape index (κ1) is 15.9. The summed E-state index contributed by atoms with van der Waals surface area (Å²) < 4.78 is 5.59. The third kappa shape index (κ3) is 4.50. The van der Waals surface area contributed by atoms with E-state index in [0.717, 1.165) is 11.4 Å². The first-order chi connectivity index (χ1) is 11.0. The molecule has 0 bridgehead atoms. The van der Waals surface area contributed by atoms with Crippen LogP contribution in [0.1, 0.15) is 11.4 Å². The highest BCUT2D eigenvalue weighted by Crippen LogP contribution is 2.20. The predicted molar refractivity (Wildman–Crippen MR) is 86.6 cm³/mol. The molecule has 0 fully saturated rings. The lowest BCUT2D eigenvalue weighted by Gasteiger charge is -2.06. The Morgan fingerprint density at radius 1 is 1.26 bits per heavy atom. The lowest BCUT2D eigenvalue weighted by atomic mass is 10.3. The maximum Gasteiger partial charge on any atom is 0.322 e. The third-order valence-corrected chi connectivity index (χ3v) is 2.68. The molecule has 2 aromatic rings. The topological polar surface area (TPSA) is 133 Å². The number of nitrogens with one attached hydrogen (secondary N) is 2. The molecule has 0 aliphatic carbocycles. The van der Waals surface area contributed by atoms with Crippen molar-refractivity contribution in [3.05, 3.63) is 41.7 Å². The van der Waals surface area contributed by atoms with Gasteiger partial charge in [-0.1, -0.05) is 0 Å². The predicted octanol–water partition coefficient (Wildman–Crippen LogP) is 2.11. The number of nitrogens with zero attached hydrogens (tertiary/aromatic N) is 4. The Balaban J connectivity index is 2.08. The largest absolute Gasteiger partial charge is 0.424 e. The molecule has 0 spiro atoms. The minimum Gasteiger partial charge on any atom is -0.424 e. The van der Waals surface area contributed by atoms with E-state index in [-0.39, 0.29) is 11.7 Å². The van der Waals surface area contributed by atoms with Gasteiger partial charge in [0, 0.05) is 11.4 Å². The molecule has 1 aromatic heterocycles. The number of aromatic nitrogens is 2. The van der Waals surface area contributed by atoms with Gasteiger partial charge in [-0.15, -0.1) is 0 Å². The zero-order valence-electron chi connectivity index (χ0n) is 12.7. The molecule has 0 saturated carbocycles. The summed E-state index contributed by atoms with van der Waals surface area (Å²) >= 11 is 0. The number of hydrogen-bond donors (Lipinski definition) is 3. The summed E-state index contributed by atoms with van der Waals surface area (Å²) in [5, 5.41) is 19.7. The summed E-state index contributed by atoms with van der Waals surface area (Å²) in [7, 11) is 0. The van der Waals surface area contributed by atoms with E-state index in [1.54, 1.807) is 30.3 Å². The van der Waals surface area contributed by atoms with Gasteiger partial charge >= 0.3 is 6.01 Å². The van der Waals surface area contributed by atoms with Gasteiger partial charge in [-0.3, -0.25) is 10.8 Å². The van der Waals surface area contributed by atoms with Crippen LogP contribution in [0.25, 0.3) is 0 Å². The van der Waals surface area contributed by atoms with E-state index in [0.29, 0.717) is 11.4 Å². The first-order valence-electron chi connectivity index (χ1n) is 6.66. The zero-order valence-corrected chi connectivity index (χ0v) is 12.7. The van der Waals surface area contributed by atoms with Crippen molar-refractivity contribution >= 4 is 17.2 Å². The Hall–Kier alpha value is -3.47. The van der Waals surface area contributed by atoms with Gasteiger partial charge in [0.2, 0.25) is 5.71 Å². The van der Waals surface area contributed by atoms with Crippen LogP contribution in [0, 0.1) is 30.6 Å². The van der Waals surface area contributed by atoms with Gasteiger partial charge in [0.05, 0.1) is 5.69 Å². The molecule has 0 aliphatic heterocycles. The lowest BCUT2D eigenvalue weighted by Crippen LogP contribution is -2.21. The van der Waals surface area contributed by atoms with Crippen LogP contribution in [-0.4, -0.2) is 21.5 Å². The molecule has 4 N–H and O–H groups in total. The number of anilines is 1. The van der Waals surface area contributed by atoms with E-state index in [4.69, 9.17) is 21.1 Å². The van der Waals surface area contributed by atoms with Gasteiger partial charge in [-0.25, -0.2) is 9.97 Å². The average molecular weight is 309 g/mol. The van der Waals surface area contributed by atoms with E-state index in [1.807, 2.05) is 19.9 Å². The molecule has 0 atom stereocenters. The Bertz CT molecular complexity index is 770. The molecular weight excluding hydrogens is 294 g/mol. The van der Waals surface area contributed by atoms with Crippen molar-refractivity contribution < 1.29 is 4.74 Å². The number of hydrogen-bond acceptors (Lipinski definition) is 7. The third-order valence-electron chi connectivity index (χ3n) is 2.68. The molecule has 0 saturated heterocycles. The highest BCUT2D eigenvalue weighted by atomic mass is 16.5. The van der Waals surface area contributed by atoms with Crippen LogP contribution in [-0.2, 0) is 0 Å². The van der Waals surface area contributed by atoms with Crippen LogP contribution < -0.4 is 15.9 Å². The number of aryl methyl sites for hydroxylation is 2. The monoisotopic (exact) mass is 309 g/mol. The summed E-state index contributed by atoms with van der Waals surface area (Å²) in [6.07, 6.45) is 0. The van der Waals surface area contributed by atoms with Crippen molar-refractivity contribution in [2.45, 2.75) is 13.8 Å². The number of rotatable bonds is 5. The average Bonchev–Trinajstić information content (AvgIpc) is 2.48. The Kier molecular flexibility index (Phi) is 4.84. The fourth-order valence-corrected chi connectivity index (χ4v) is 1.71. The maximum absolute atomic E-state index is 8.75. The summed E-state index contributed by atoms with van der Waals surface area (Å²) in [6, 6.07) is 10.7. The van der Waals surface area contributed by atoms with Crippen LogP contribution in [0.15, 0.2) is 35.4 Å². The van der Waals surface area contributed by atoms with Gasteiger partial charge in [0.15, 0.2) is 5.84 Å². The van der Waals surface area contributed by atoms with Crippen molar-refractivity contribution in [1.29, 1.82) is 10.7 Å². The van der Waals surface area contributed by atoms with Crippen LogP contribution >= 0.6 is 0 Å². The van der Waals surface area contributed by atoms with Crippen LogP contribution in [0.2, 0.25) is 0 Å². The standard InChI is InChI=1S/C15H15N7O/c1-9-7-10(2)20-15(19-9)23-12-5-3-11(4-6-12)21-22-13(8-16)14(17)18/h3-7,21H,1-2H3,(H3,17,18)/b22-13+. The van der Waals surface area contributed by atoms with E-state index in [1.165, 1.54) is 0 Å². The smallest absolute Gasteiger partial charge is 0.322 e. The summed E-state index contributed by atoms with van der Waals surface area (Å²) in [6.45, 7) is 3.74. The summed E-state index contributed by atoms with van der Waals surface area (Å²) in [4.78, 5) is 8.39. The number of nitrogens with two attached hydrogens (primary N) is 1. The van der Waals surface area contributed by atoms with Gasteiger partial charge in [-0.2, -0.15) is 10.4 Å². The number of nitriles is 1. The van der Waals surface area contributed by atoms with Gasteiger partial charge in [-0.05, 0) is 44.2 Å². The second-order valence-electron chi connectivity index (χ2n) is 4.66. The molecule has 1 aromatic carbocycles. The first-order valence-corrected chi connectivity index (χ1v) is 6.66. The van der Waals surface area contributed by atoms with Gasteiger partial charge in [0.25, 0.3) is 0 Å². The van der Waals surface area contributed by atoms with Crippen molar-refractivity contribution in [2.24, 2.45) is 10.8 Å². The minimum atomic E-state index is -0.396. The second-order valence-corrected chi connectivity index (χ2v) is 4.66. The number of amidine groups is 1. The number of ether oxygens (including phenoxy) is 1. The molecular formula is C15H15N7O. The van der Waals surface area contributed by atoms with Crippen LogP contribution in [0.3, 0.4) is 0 Å². The fourth-order valence-electron chi connectivity index (χ4n) is 1.71. The molecule has 8 nitrogen and oxygen atoms in total. The van der Waals surface area contributed by atoms with Crippen molar-refractivity contribution in [3.8, 4) is 17.8 Å². The molecule has 1 heterocycles. The Morgan fingerprint density at radius 2 is 1.87 bits per heavy atom. The highest BCUT2D eigenvalue weighted by Gasteiger charge is 2.04. The van der Waals surface area contributed by atoms with Crippen molar-refractivity contribution in [1.82, 2.24) is 9.97 Å². The van der Waals surface area contributed by atoms with Crippen LogP contribution in [0.4, 0.5) is 5.69 Å². The zero-order chi connectivity index (χ0) is 16.8. The molecule has 2 rings (SSSR count). The molecule has 0 amide bonds. The normalized spacial score (nSPS) is 10.7. The molecule has 23 heavy (non-hydrogen) atoms. The summed E-state index contributed by atoms with van der Waals surface area (Å²) in [5.74, 6) is 0.170. The molecule has 0 unspecified atom stereocenters. The van der Waals surface area contributed by atoms with Crippen molar-refractivity contribution in [2.75, 3.05) is 5.43 Å². The van der Waals surface area contributed by atoms with E-state index in [2.05, 4.69) is 20.5 Å². The van der Waals surface area contributed by atoms with Crippen LogP contribution in [0.5, 0.6) is 11.8 Å². The Labute approximate surface area is 133 Å². The van der Waals surface area contributed by atoms with E-state index < -0.39 is 5.84 Å². The Morgan fingerprint density at radius 3 is 2.39 bits per heavy atom. The number of benzene rings is 1. The van der Waals surface area contributed by atoms with Gasteiger partial charge in [0.1, 0.15) is 11.8 Å². The molecule has 116 valence electrons.